The molecule has 1 amide bonds. The summed E-state index contributed by atoms with van der Waals surface area (Å²) >= 11 is 0. The summed E-state index contributed by atoms with van der Waals surface area (Å²) in [7, 11) is 2.15. The zero-order chi connectivity index (χ0) is 15.1. The van der Waals surface area contributed by atoms with E-state index in [4.69, 9.17) is 5.73 Å². The number of hydrogen-bond donors (Lipinski definition) is 2. The molecular formula is C16H26N4O. The third kappa shape index (κ3) is 5.12. The fraction of sp³-hybridized carbons (Fsp3) is 0.562. The molecule has 2 rings (SSSR count). The maximum absolute atomic E-state index is 12.0. The van der Waals surface area contributed by atoms with Gasteiger partial charge in [-0.05, 0) is 37.7 Å². The molecule has 116 valence electrons. The van der Waals surface area contributed by atoms with E-state index in [1.54, 1.807) is 0 Å². The van der Waals surface area contributed by atoms with Crippen LogP contribution in [0.25, 0.3) is 0 Å². The maximum atomic E-state index is 12.0. The van der Waals surface area contributed by atoms with Gasteiger partial charge in [0.2, 0.25) is 0 Å². The third-order valence-electron chi connectivity index (χ3n) is 3.96. The standard InChI is InChI=1S/C16H26N4O/c1-19-10-12-20(13-11-19)9-8-18-16(21)15-4-2-14(3-5-15)6-7-17/h2-5H,6-13,17H2,1H3,(H,18,21). The Balaban J connectivity index is 1.71. The van der Waals surface area contributed by atoms with Gasteiger partial charge < -0.3 is 16.0 Å². The van der Waals surface area contributed by atoms with E-state index in [9.17, 15) is 4.79 Å². The lowest BCUT2D eigenvalue weighted by atomic mass is 10.1. The highest BCUT2D eigenvalue weighted by Gasteiger charge is 2.13. The second-order valence-electron chi connectivity index (χ2n) is 5.64. The highest BCUT2D eigenvalue weighted by atomic mass is 16.1. The normalized spacial score (nSPS) is 16.9. The first-order valence-corrected chi connectivity index (χ1v) is 7.67. The fourth-order valence-electron chi connectivity index (χ4n) is 2.49. The number of nitrogens with two attached hydrogens (primary N) is 1. The molecule has 1 heterocycles. The van der Waals surface area contributed by atoms with Crippen molar-refractivity contribution in [2.45, 2.75) is 6.42 Å². The second-order valence-corrected chi connectivity index (χ2v) is 5.64. The van der Waals surface area contributed by atoms with E-state index in [-0.39, 0.29) is 5.91 Å². The van der Waals surface area contributed by atoms with Crippen molar-refractivity contribution in [3.63, 3.8) is 0 Å². The number of hydrogen-bond acceptors (Lipinski definition) is 4. The van der Waals surface area contributed by atoms with Crippen molar-refractivity contribution < 1.29 is 4.79 Å². The number of benzene rings is 1. The Morgan fingerprint density at radius 2 is 1.86 bits per heavy atom. The molecule has 5 heteroatoms. The van der Waals surface area contributed by atoms with E-state index in [2.05, 4.69) is 22.2 Å². The van der Waals surface area contributed by atoms with Crippen LogP contribution in [0.15, 0.2) is 24.3 Å². The summed E-state index contributed by atoms with van der Waals surface area (Å²) in [4.78, 5) is 16.8. The Bertz CT molecular complexity index is 438. The largest absolute Gasteiger partial charge is 0.351 e. The molecule has 1 aromatic carbocycles. The van der Waals surface area contributed by atoms with Crippen LogP contribution >= 0.6 is 0 Å². The van der Waals surface area contributed by atoms with E-state index in [0.717, 1.165) is 39.1 Å². The fourth-order valence-corrected chi connectivity index (χ4v) is 2.49. The van der Waals surface area contributed by atoms with Crippen LogP contribution in [-0.2, 0) is 6.42 Å². The highest BCUT2D eigenvalue weighted by molar-refractivity contribution is 5.94. The first-order valence-electron chi connectivity index (χ1n) is 7.67. The SMILES string of the molecule is CN1CCN(CCNC(=O)c2ccc(CCN)cc2)CC1. The van der Waals surface area contributed by atoms with E-state index in [1.807, 2.05) is 24.3 Å². The van der Waals surface area contributed by atoms with Crippen LogP contribution in [0.1, 0.15) is 15.9 Å². The number of rotatable bonds is 6. The molecule has 21 heavy (non-hydrogen) atoms. The molecule has 3 N–H and O–H groups in total. The molecule has 0 bridgehead atoms. The molecule has 0 aromatic heterocycles. The van der Waals surface area contributed by atoms with Gasteiger partial charge in [0.05, 0.1) is 0 Å². The van der Waals surface area contributed by atoms with Gasteiger partial charge in [-0.15, -0.1) is 0 Å². The van der Waals surface area contributed by atoms with Crippen molar-refractivity contribution in [2.24, 2.45) is 5.73 Å². The van der Waals surface area contributed by atoms with E-state index < -0.39 is 0 Å². The third-order valence-corrected chi connectivity index (χ3v) is 3.96. The summed E-state index contributed by atoms with van der Waals surface area (Å²) in [5.41, 5.74) is 7.41. The van der Waals surface area contributed by atoms with Crippen molar-refractivity contribution in [3.8, 4) is 0 Å². The van der Waals surface area contributed by atoms with Crippen molar-refractivity contribution in [1.29, 1.82) is 0 Å². The minimum Gasteiger partial charge on any atom is -0.351 e. The molecule has 1 aliphatic rings. The zero-order valence-corrected chi connectivity index (χ0v) is 12.8. The van der Waals surface area contributed by atoms with Gasteiger partial charge in [0.1, 0.15) is 0 Å². The predicted octanol–water partition coefficient (Wildman–Crippen LogP) is 0.165. The molecule has 0 spiro atoms. The lowest BCUT2D eigenvalue weighted by molar-refractivity contribution is 0.0941. The van der Waals surface area contributed by atoms with E-state index >= 15 is 0 Å². The Morgan fingerprint density at radius 3 is 2.48 bits per heavy atom. The molecule has 1 aromatic rings. The Morgan fingerprint density at radius 1 is 1.19 bits per heavy atom. The smallest absolute Gasteiger partial charge is 0.251 e. The lowest BCUT2D eigenvalue weighted by Gasteiger charge is -2.32. The van der Waals surface area contributed by atoms with Gasteiger partial charge in [0, 0.05) is 44.8 Å². The Labute approximate surface area is 127 Å². The summed E-state index contributed by atoms with van der Waals surface area (Å²) in [5, 5.41) is 2.99. The van der Waals surface area contributed by atoms with Crippen molar-refractivity contribution in [2.75, 3.05) is 52.9 Å². The minimum atomic E-state index is 0.00317. The predicted molar refractivity (Wildman–Crippen MR) is 85.5 cm³/mol. The first-order chi connectivity index (χ1) is 10.2. The second kappa shape index (κ2) is 8.12. The lowest BCUT2D eigenvalue weighted by Crippen LogP contribution is -2.46. The van der Waals surface area contributed by atoms with Crippen LogP contribution in [-0.4, -0.2) is 68.6 Å². The van der Waals surface area contributed by atoms with Gasteiger partial charge in [-0.2, -0.15) is 0 Å². The molecule has 0 aliphatic carbocycles. The van der Waals surface area contributed by atoms with Crippen molar-refractivity contribution >= 4 is 5.91 Å². The first kappa shape index (κ1) is 15.9. The Hall–Kier alpha value is -1.43. The van der Waals surface area contributed by atoms with E-state index in [0.29, 0.717) is 18.7 Å². The van der Waals surface area contributed by atoms with Crippen LogP contribution < -0.4 is 11.1 Å². The molecule has 5 nitrogen and oxygen atoms in total. The summed E-state index contributed by atoms with van der Waals surface area (Å²) in [5.74, 6) is 0.00317. The number of carbonyl (C=O) groups excluding carboxylic acids is 1. The van der Waals surface area contributed by atoms with Crippen LogP contribution in [0.2, 0.25) is 0 Å². The van der Waals surface area contributed by atoms with Gasteiger partial charge >= 0.3 is 0 Å². The van der Waals surface area contributed by atoms with Crippen LogP contribution in [0.3, 0.4) is 0 Å². The molecule has 0 radical (unpaired) electrons. The van der Waals surface area contributed by atoms with Crippen molar-refractivity contribution in [3.05, 3.63) is 35.4 Å². The summed E-state index contributed by atoms with van der Waals surface area (Å²) in [6.45, 7) is 6.64. The number of likely N-dealkylation sites (N-methyl/N-ethyl adjacent to an activating group) is 1. The molecule has 1 fully saturated rings. The van der Waals surface area contributed by atoms with Gasteiger partial charge in [0.25, 0.3) is 5.91 Å². The van der Waals surface area contributed by atoms with Gasteiger partial charge in [-0.1, -0.05) is 12.1 Å². The minimum absolute atomic E-state index is 0.00317. The average Bonchev–Trinajstić information content (AvgIpc) is 2.50. The molecule has 1 aliphatic heterocycles. The molecule has 0 unspecified atom stereocenters. The topological polar surface area (TPSA) is 61.6 Å². The molecule has 0 atom stereocenters. The average molecular weight is 290 g/mol. The van der Waals surface area contributed by atoms with Crippen LogP contribution in [0, 0.1) is 0 Å². The van der Waals surface area contributed by atoms with Crippen LogP contribution in [0.4, 0.5) is 0 Å². The summed E-state index contributed by atoms with van der Waals surface area (Å²) in [6, 6.07) is 7.69. The maximum Gasteiger partial charge on any atom is 0.251 e. The van der Waals surface area contributed by atoms with Crippen LogP contribution in [0.5, 0.6) is 0 Å². The summed E-state index contributed by atoms with van der Waals surface area (Å²) < 4.78 is 0. The molecule has 1 saturated heterocycles. The Kier molecular flexibility index (Phi) is 6.17. The summed E-state index contributed by atoms with van der Waals surface area (Å²) in [6.07, 6.45) is 0.852. The molecular weight excluding hydrogens is 264 g/mol. The quantitative estimate of drug-likeness (QED) is 0.784. The van der Waals surface area contributed by atoms with E-state index in [1.165, 1.54) is 5.56 Å². The monoisotopic (exact) mass is 290 g/mol. The number of amides is 1. The highest BCUT2D eigenvalue weighted by Crippen LogP contribution is 2.05. The molecule has 0 saturated carbocycles. The van der Waals surface area contributed by atoms with Gasteiger partial charge in [0.15, 0.2) is 0 Å². The number of nitrogens with one attached hydrogen (secondary N) is 1. The number of piperazine rings is 1. The number of carbonyl (C=O) groups is 1. The van der Waals surface area contributed by atoms with Crippen molar-refractivity contribution in [1.82, 2.24) is 15.1 Å². The van der Waals surface area contributed by atoms with Gasteiger partial charge in [-0.3, -0.25) is 9.69 Å². The van der Waals surface area contributed by atoms with Gasteiger partial charge in [-0.25, -0.2) is 0 Å². The zero-order valence-electron chi connectivity index (χ0n) is 12.8. The number of nitrogens with zero attached hydrogens (tertiary/aromatic N) is 2.